The molecule has 0 aromatic carbocycles. The van der Waals surface area contributed by atoms with Crippen LogP contribution in [-0.4, -0.2) is 0 Å². The maximum absolute atomic E-state index is 3.71. The minimum absolute atomic E-state index is 0.632. The molecule has 0 saturated heterocycles. The van der Waals surface area contributed by atoms with Crippen LogP contribution in [0.15, 0.2) is 36.5 Å². The third-order valence-corrected chi connectivity index (χ3v) is 1.78. The van der Waals surface area contributed by atoms with Crippen LogP contribution >= 0.6 is 0 Å². The molecule has 0 bridgehead atoms. The van der Waals surface area contributed by atoms with Crippen LogP contribution in [-0.2, 0) is 0 Å². The molecule has 53 valence electrons. The maximum Gasteiger partial charge on any atom is 0.00536 e. The summed E-state index contributed by atoms with van der Waals surface area (Å²) >= 11 is 0. The fraction of sp³-hybridized carbons (Fsp3) is 0.300. The van der Waals surface area contributed by atoms with Crippen molar-refractivity contribution in [1.29, 1.82) is 0 Å². The van der Waals surface area contributed by atoms with Crippen molar-refractivity contribution in [3.8, 4) is 0 Å². The van der Waals surface area contributed by atoms with Crippen molar-refractivity contribution < 1.29 is 0 Å². The predicted octanol–water partition coefficient (Wildman–Crippen LogP) is 2.90. The molecular weight excluding hydrogens is 120 g/mol. The second-order valence-corrected chi connectivity index (χ2v) is 2.64. The Kier molecular flexibility index (Phi) is 2.49. The quantitative estimate of drug-likeness (QED) is 0.519. The van der Waals surface area contributed by atoms with Crippen LogP contribution in [0.2, 0.25) is 0 Å². The third kappa shape index (κ3) is 1.60. The topological polar surface area (TPSA) is 0 Å². The molecule has 0 spiro atoms. The van der Waals surface area contributed by atoms with Crippen LogP contribution < -0.4 is 0 Å². The average molecular weight is 133 g/mol. The van der Waals surface area contributed by atoms with E-state index in [1.807, 2.05) is 6.08 Å². The minimum Gasteiger partial charge on any atom is -0.103 e. The van der Waals surface area contributed by atoms with Gasteiger partial charge in [-0.15, -0.1) is 6.58 Å². The van der Waals surface area contributed by atoms with Crippen molar-refractivity contribution in [2.45, 2.75) is 13.3 Å². The average Bonchev–Trinajstić information content (AvgIpc) is 2.38. The molecule has 1 aliphatic carbocycles. The molecule has 0 fully saturated rings. The molecule has 0 nitrogen and oxygen atoms in total. The van der Waals surface area contributed by atoms with Gasteiger partial charge in [-0.25, -0.2) is 0 Å². The summed E-state index contributed by atoms with van der Waals surface area (Å²) in [7, 11) is 0. The lowest BCUT2D eigenvalue weighted by Crippen LogP contribution is -1.92. The van der Waals surface area contributed by atoms with E-state index in [-0.39, 0.29) is 0 Å². The van der Waals surface area contributed by atoms with Gasteiger partial charge >= 0.3 is 0 Å². The highest BCUT2D eigenvalue weighted by molar-refractivity contribution is 5.35. The Morgan fingerprint density at radius 2 is 2.50 bits per heavy atom. The first kappa shape index (κ1) is 7.33. The van der Waals surface area contributed by atoms with Crippen molar-refractivity contribution in [3.05, 3.63) is 42.9 Å². The van der Waals surface area contributed by atoms with Crippen LogP contribution in [0.1, 0.15) is 13.3 Å². The zero-order valence-electron chi connectivity index (χ0n) is 6.38. The zero-order valence-corrected chi connectivity index (χ0v) is 6.38. The highest BCUT2D eigenvalue weighted by Gasteiger charge is 2.05. The summed E-state index contributed by atoms with van der Waals surface area (Å²) in [5.74, 6) is 0.632. The molecule has 0 amide bonds. The van der Waals surface area contributed by atoms with Crippen LogP contribution in [0.4, 0.5) is 0 Å². The van der Waals surface area contributed by atoms with E-state index < -0.39 is 0 Å². The van der Waals surface area contributed by atoms with Crippen LogP contribution in [0, 0.1) is 12.3 Å². The van der Waals surface area contributed by atoms with E-state index in [1.54, 1.807) is 0 Å². The highest BCUT2D eigenvalue weighted by Crippen LogP contribution is 2.20. The molecule has 1 radical (unpaired) electrons. The van der Waals surface area contributed by atoms with Gasteiger partial charge in [0, 0.05) is 6.42 Å². The Labute approximate surface area is 62.9 Å². The van der Waals surface area contributed by atoms with Gasteiger partial charge in [0.25, 0.3) is 0 Å². The predicted molar refractivity (Wildman–Crippen MR) is 45.5 cm³/mol. The Bertz CT molecular complexity index is 172. The molecule has 1 atom stereocenters. The van der Waals surface area contributed by atoms with E-state index in [2.05, 4.69) is 38.2 Å². The van der Waals surface area contributed by atoms with Crippen molar-refractivity contribution in [2.75, 3.05) is 0 Å². The number of hydrogen-bond acceptors (Lipinski definition) is 0. The molecule has 0 N–H and O–H groups in total. The van der Waals surface area contributed by atoms with Crippen LogP contribution in [0.3, 0.4) is 0 Å². The van der Waals surface area contributed by atoms with E-state index in [0.29, 0.717) is 5.92 Å². The molecular formula is C10H13. The first-order valence-electron chi connectivity index (χ1n) is 3.67. The monoisotopic (exact) mass is 133 g/mol. The summed E-state index contributed by atoms with van der Waals surface area (Å²) in [5.41, 5.74) is 1.42. The largest absolute Gasteiger partial charge is 0.103 e. The van der Waals surface area contributed by atoms with Gasteiger partial charge in [0.1, 0.15) is 0 Å². The standard InChI is InChI=1S/C10H13/c1-3-6-9(2)10-7-4-5-8-10/h3-5,7-9H,1,6H2,2H3. The summed E-state index contributed by atoms with van der Waals surface area (Å²) in [6, 6.07) is 0. The number of allylic oxidation sites excluding steroid dienone is 5. The lowest BCUT2D eigenvalue weighted by Gasteiger charge is -2.06. The van der Waals surface area contributed by atoms with Gasteiger partial charge in [-0.3, -0.25) is 0 Å². The molecule has 1 rings (SSSR count). The van der Waals surface area contributed by atoms with Crippen molar-refractivity contribution in [3.63, 3.8) is 0 Å². The van der Waals surface area contributed by atoms with E-state index in [4.69, 9.17) is 0 Å². The molecule has 0 aromatic rings. The molecule has 0 saturated carbocycles. The van der Waals surface area contributed by atoms with E-state index in [1.165, 1.54) is 5.57 Å². The maximum atomic E-state index is 3.71. The number of hydrogen-bond donors (Lipinski definition) is 0. The van der Waals surface area contributed by atoms with Crippen molar-refractivity contribution in [2.24, 2.45) is 5.92 Å². The third-order valence-electron chi connectivity index (χ3n) is 1.78. The van der Waals surface area contributed by atoms with Crippen LogP contribution in [0.5, 0.6) is 0 Å². The Balaban J connectivity index is 2.47. The summed E-state index contributed by atoms with van der Waals surface area (Å²) < 4.78 is 0. The second kappa shape index (κ2) is 3.40. The zero-order chi connectivity index (χ0) is 7.40. The molecule has 0 aromatic heterocycles. The molecule has 1 aliphatic rings. The van der Waals surface area contributed by atoms with Gasteiger partial charge in [0.15, 0.2) is 0 Å². The first-order valence-corrected chi connectivity index (χ1v) is 3.67. The van der Waals surface area contributed by atoms with Gasteiger partial charge < -0.3 is 0 Å². The van der Waals surface area contributed by atoms with Crippen LogP contribution in [0.25, 0.3) is 0 Å². The highest BCUT2D eigenvalue weighted by atomic mass is 14.1. The van der Waals surface area contributed by atoms with Gasteiger partial charge in [-0.1, -0.05) is 31.2 Å². The molecule has 0 heterocycles. The summed E-state index contributed by atoms with van der Waals surface area (Å²) in [4.78, 5) is 0. The normalized spacial score (nSPS) is 18.7. The summed E-state index contributed by atoms with van der Waals surface area (Å²) in [5, 5.41) is 0. The first-order chi connectivity index (χ1) is 4.84. The smallest absolute Gasteiger partial charge is 0.00536 e. The van der Waals surface area contributed by atoms with E-state index in [0.717, 1.165) is 6.42 Å². The van der Waals surface area contributed by atoms with Gasteiger partial charge in [0.2, 0.25) is 0 Å². The Morgan fingerprint density at radius 3 is 3.00 bits per heavy atom. The number of rotatable bonds is 3. The molecule has 10 heavy (non-hydrogen) atoms. The fourth-order valence-electron chi connectivity index (χ4n) is 1.10. The molecule has 0 aliphatic heterocycles. The molecule has 1 unspecified atom stereocenters. The lowest BCUT2D eigenvalue weighted by molar-refractivity contribution is 0.715. The van der Waals surface area contributed by atoms with E-state index >= 15 is 0 Å². The van der Waals surface area contributed by atoms with Gasteiger partial charge in [-0.2, -0.15) is 0 Å². The summed E-state index contributed by atoms with van der Waals surface area (Å²) in [6.07, 6.45) is 11.5. The van der Waals surface area contributed by atoms with E-state index in [9.17, 15) is 0 Å². The van der Waals surface area contributed by atoms with Gasteiger partial charge in [0.05, 0.1) is 0 Å². The fourth-order valence-corrected chi connectivity index (χ4v) is 1.10. The Hall–Kier alpha value is -0.780. The lowest BCUT2D eigenvalue weighted by atomic mass is 9.99. The minimum atomic E-state index is 0.632. The van der Waals surface area contributed by atoms with Gasteiger partial charge in [-0.05, 0) is 17.9 Å². The molecule has 0 heteroatoms. The SMILES string of the molecule is C=CCC(C)C1=C[CH]C=C1. The van der Waals surface area contributed by atoms with Crippen molar-refractivity contribution >= 4 is 0 Å². The van der Waals surface area contributed by atoms with Crippen molar-refractivity contribution in [1.82, 2.24) is 0 Å². The Morgan fingerprint density at radius 1 is 1.70 bits per heavy atom. The summed E-state index contributed by atoms with van der Waals surface area (Å²) in [6.45, 7) is 5.93. The second-order valence-electron chi connectivity index (χ2n) is 2.64.